The highest BCUT2D eigenvalue weighted by Crippen LogP contribution is 2.16. The molecule has 116 valence electrons. The van der Waals surface area contributed by atoms with Crippen molar-refractivity contribution in [3.8, 4) is 0 Å². The van der Waals surface area contributed by atoms with Crippen molar-refractivity contribution in [2.45, 2.75) is 19.6 Å². The molecule has 1 aliphatic rings. The van der Waals surface area contributed by atoms with Gasteiger partial charge in [0.1, 0.15) is 24.2 Å². The summed E-state index contributed by atoms with van der Waals surface area (Å²) in [6.45, 7) is 2.40. The molecule has 0 saturated heterocycles. The van der Waals surface area contributed by atoms with Crippen LogP contribution < -0.4 is 0 Å². The zero-order chi connectivity index (χ0) is 15.6. The number of carbonyl (C=O) groups excluding carboxylic acids is 1. The van der Waals surface area contributed by atoms with Gasteiger partial charge in [0, 0.05) is 25.5 Å². The van der Waals surface area contributed by atoms with E-state index in [-0.39, 0.29) is 5.91 Å². The number of amides is 1. The summed E-state index contributed by atoms with van der Waals surface area (Å²) in [5.41, 5.74) is 1.41. The molecule has 0 saturated carbocycles. The summed E-state index contributed by atoms with van der Waals surface area (Å²) < 4.78 is 3.88. The van der Waals surface area contributed by atoms with E-state index in [1.165, 1.54) is 18.7 Å². The molecule has 1 amide bonds. The fraction of sp³-hybridized carbons (Fsp3) is 0.286. The van der Waals surface area contributed by atoms with Crippen molar-refractivity contribution in [3.05, 3.63) is 54.7 Å². The summed E-state index contributed by atoms with van der Waals surface area (Å²) in [5.74, 6) is 0.744. The minimum Gasteiger partial charge on any atom is -0.328 e. The Balaban J connectivity index is 1.52. The molecule has 9 nitrogen and oxygen atoms in total. The summed E-state index contributed by atoms with van der Waals surface area (Å²) in [6.07, 6.45) is 9.57. The first-order valence-corrected chi connectivity index (χ1v) is 7.22. The maximum atomic E-state index is 12.4. The average molecular weight is 310 g/mol. The molecule has 1 aliphatic heterocycles. The molecule has 3 aromatic heterocycles. The molecule has 4 rings (SSSR count). The second-order valence-corrected chi connectivity index (χ2v) is 5.23. The van der Waals surface area contributed by atoms with Crippen LogP contribution in [-0.4, -0.2) is 51.6 Å². The van der Waals surface area contributed by atoms with E-state index in [0.29, 0.717) is 31.9 Å². The molecular formula is C14H14N8O. The van der Waals surface area contributed by atoms with Crippen molar-refractivity contribution in [2.24, 2.45) is 0 Å². The molecule has 4 heterocycles. The highest BCUT2D eigenvalue weighted by molar-refractivity contribution is 5.91. The first kappa shape index (κ1) is 13.6. The van der Waals surface area contributed by atoms with Crippen LogP contribution in [0.1, 0.15) is 22.0 Å². The van der Waals surface area contributed by atoms with Crippen LogP contribution in [0, 0.1) is 0 Å². The molecule has 0 atom stereocenters. The Morgan fingerprint density at radius 2 is 2.09 bits per heavy atom. The number of hydrogen-bond donors (Lipinski definition) is 0. The van der Waals surface area contributed by atoms with Gasteiger partial charge in [-0.2, -0.15) is 5.10 Å². The number of rotatable bonds is 3. The van der Waals surface area contributed by atoms with Crippen molar-refractivity contribution in [2.75, 3.05) is 6.54 Å². The minimum atomic E-state index is -0.120. The van der Waals surface area contributed by atoms with E-state index in [4.69, 9.17) is 0 Å². The average Bonchev–Trinajstić information content (AvgIpc) is 3.25. The number of hydrogen-bond acceptors (Lipinski definition) is 6. The van der Waals surface area contributed by atoms with Crippen LogP contribution in [0.3, 0.4) is 0 Å². The third-order valence-electron chi connectivity index (χ3n) is 3.81. The van der Waals surface area contributed by atoms with Gasteiger partial charge in [-0.15, -0.1) is 0 Å². The van der Waals surface area contributed by atoms with E-state index in [1.54, 1.807) is 22.1 Å². The summed E-state index contributed by atoms with van der Waals surface area (Å²) in [5, 5.41) is 4.11. The van der Waals surface area contributed by atoms with Crippen LogP contribution in [0.15, 0.2) is 37.4 Å². The fourth-order valence-electron chi connectivity index (χ4n) is 2.67. The van der Waals surface area contributed by atoms with Crippen molar-refractivity contribution >= 4 is 5.91 Å². The van der Waals surface area contributed by atoms with E-state index in [0.717, 1.165) is 11.5 Å². The molecule has 0 radical (unpaired) electrons. The Bertz CT molecular complexity index is 811. The van der Waals surface area contributed by atoms with Gasteiger partial charge in [0.2, 0.25) is 0 Å². The Kier molecular flexibility index (Phi) is 3.30. The highest BCUT2D eigenvalue weighted by atomic mass is 16.2. The lowest BCUT2D eigenvalue weighted by Crippen LogP contribution is -2.39. The monoisotopic (exact) mass is 310 g/mol. The van der Waals surface area contributed by atoms with Crippen molar-refractivity contribution < 1.29 is 4.79 Å². The molecule has 0 fully saturated rings. The molecule has 0 bridgehead atoms. The molecule has 0 aliphatic carbocycles. The number of aromatic nitrogens is 7. The maximum Gasteiger partial charge on any atom is 0.274 e. The maximum absolute atomic E-state index is 12.4. The van der Waals surface area contributed by atoms with Crippen LogP contribution in [0.5, 0.6) is 0 Å². The predicted octanol–water partition coefficient (Wildman–Crippen LogP) is -0.0311. The van der Waals surface area contributed by atoms with Gasteiger partial charge in [-0.25, -0.2) is 19.6 Å². The first-order chi connectivity index (χ1) is 11.3. The number of carbonyl (C=O) groups is 1. The Morgan fingerprint density at radius 1 is 1.13 bits per heavy atom. The van der Waals surface area contributed by atoms with Gasteiger partial charge in [0.05, 0.1) is 31.2 Å². The van der Waals surface area contributed by atoms with Gasteiger partial charge in [-0.05, 0) is 0 Å². The molecule has 9 heteroatoms. The SMILES string of the molecule is O=C(c1cnccn1)N1CCn2c(Cn3cncn3)cnc2C1. The van der Waals surface area contributed by atoms with Gasteiger partial charge < -0.3 is 9.47 Å². The van der Waals surface area contributed by atoms with E-state index in [1.807, 2.05) is 6.20 Å². The van der Waals surface area contributed by atoms with Gasteiger partial charge in [-0.3, -0.25) is 9.78 Å². The molecular weight excluding hydrogens is 296 g/mol. The first-order valence-electron chi connectivity index (χ1n) is 7.22. The van der Waals surface area contributed by atoms with Crippen molar-refractivity contribution in [1.82, 2.24) is 39.2 Å². The van der Waals surface area contributed by atoms with Crippen LogP contribution >= 0.6 is 0 Å². The normalized spacial score (nSPS) is 13.8. The molecule has 0 N–H and O–H groups in total. The van der Waals surface area contributed by atoms with Crippen molar-refractivity contribution in [1.29, 1.82) is 0 Å². The standard InChI is InChI=1S/C14H14N8O/c23-14(12-6-15-1-2-17-12)20-3-4-22-11(5-18-13(22)8-20)7-21-10-16-9-19-21/h1-2,5-6,9-10H,3-4,7-8H2. The van der Waals surface area contributed by atoms with E-state index in [9.17, 15) is 4.79 Å². The molecule has 0 aromatic carbocycles. The molecule has 0 spiro atoms. The number of imidazole rings is 1. The van der Waals surface area contributed by atoms with Crippen LogP contribution in [-0.2, 0) is 19.6 Å². The Labute approximate surface area is 131 Å². The van der Waals surface area contributed by atoms with Gasteiger partial charge >= 0.3 is 0 Å². The highest BCUT2D eigenvalue weighted by Gasteiger charge is 2.25. The van der Waals surface area contributed by atoms with E-state index < -0.39 is 0 Å². The smallest absolute Gasteiger partial charge is 0.274 e. The van der Waals surface area contributed by atoms with Crippen LogP contribution in [0.4, 0.5) is 0 Å². The predicted molar refractivity (Wildman–Crippen MR) is 78.1 cm³/mol. The molecule has 23 heavy (non-hydrogen) atoms. The largest absolute Gasteiger partial charge is 0.328 e. The third kappa shape index (κ3) is 2.56. The zero-order valence-electron chi connectivity index (χ0n) is 12.3. The van der Waals surface area contributed by atoms with Crippen molar-refractivity contribution in [3.63, 3.8) is 0 Å². The number of nitrogens with zero attached hydrogens (tertiary/aromatic N) is 8. The zero-order valence-corrected chi connectivity index (χ0v) is 12.3. The van der Waals surface area contributed by atoms with Gasteiger partial charge in [0.15, 0.2) is 0 Å². The lowest BCUT2D eigenvalue weighted by Gasteiger charge is -2.28. The number of fused-ring (bicyclic) bond motifs is 1. The summed E-state index contributed by atoms with van der Waals surface area (Å²) >= 11 is 0. The Morgan fingerprint density at radius 3 is 2.87 bits per heavy atom. The van der Waals surface area contributed by atoms with Gasteiger partial charge in [0.25, 0.3) is 5.91 Å². The van der Waals surface area contributed by atoms with E-state index >= 15 is 0 Å². The summed E-state index contributed by atoms with van der Waals surface area (Å²) in [4.78, 5) is 30.6. The van der Waals surface area contributed by atoms with Gasteiger partial charge in [-0.1, -0.05) is 0 Å². The Hall–Kier alpha value is -3.10. The summed E-state index contributed by atoms with van der Waals surface area (Å²) in [6, 6.07) is 0. The van der Waals surface area contributed by atoms with Crippen LogP contribution in [0.2, 0.25) is 0 Å². The third-order valence-corrected chi connectivity index (χ3v) is 3.81. The molecule has 0 unspecified atom stereocenters. The quantitative estimate of drug-likeness (QED) is 0.674. The second kappa shape index (κ2) is 5.59. The lowest BCUT2D eigenvalue weighted by molar-refractivity contribution is 0.0699. The summed E-state index contributed by atoms with van der Waals surface area (Å²) in [7, 11) is 0. The van der Waals surface area contributed by atoms with E-state index in [2.05, 4.69) is 29.6 Å². The minimum absolute atomic E-state index is 0.120. The topological polar surface area (TPSA) is 94.6 Å². The molecule has 3 aromatic rings. The second-order valence-electron chi connectivity index (χ2n) is 5.23. The van der Waals surface area contributed by atoms with Crippen LogP contribution in [0.25, 0.3) is 0 Å². The lowest BCUT2D eigenvalue weighted by atomic mass is 10.3. The fourth-order valence-corrected chi connectivity index (χ4v) is 2.67.